The summed E-state index contributed by atoms with van der Waals surface area (Å²) >= 11 is 0. The minimum Gasteiger partial charge on any atom is -0.484 e. The molecule has 0 fully saturated rings. The van der Waals surface area contributed by atoms with Gasteiger partial charge in [0.2, 0.25) is 0 Å². The molecule has 0 aliphatic rings. The van der Waals surface area contributed by atoms with Gasteiger partial charge in [0, 0.05) is 6.07 Å². The SMILES string of the molecule is CC(C)(C)OC(=O)NNC(=O)COc1cccc(F)c1. The standard InChI is InChI=1S/C13H17FN2O4/c1-13(2,3)20-12(18)16-15-11(17)8-19-10-6-4-5-9(14)7-10/h4-7H,8H2,1-3H3,(H,15,17)(H,16,18). The molecule has 0 saturated carbocycles. The molecule has 2 N–H and O–H groups in total. The van der Waals surface area contributed by atoms with E-state index in [-0.39, 0.29) is 12.4 Å². The van der Waals surface area contributed by atoms with Crippen LogP contribution in [0.5, 0.6) is 5.75 Å². The van der Waals surface area contributed by atoms with E-state index in [1.807, 2.05) is 0 Å². The van der Waals surface area contributed by atoms with Crippen LogP contribution in [-0.4, -0.2) is 24.2 Å². The number of carbonyl (C=O) groups excluding carboxylic acids is 2. The minimum absolute atomic E-state index is 0.220. The topological polar surface area (TPSA) is 76.7 Å². The molecule has 20 heavy (non-hydrogen) atoms. The van der Waals surface area contributed by atoms with Crippen molar-refractivity contribution in [2.45, 2.75) is 26.4 Å². The van der Waals surface area contributed by atoms with Crippen molar-refractivity contribution in [3.8, 4) is 5.75 Å². The number of hydrogen-bond acceptors (Lipinski definition) is 4. The molecule has 7 heteroatoms. The van der Waals surface area contributed by atoms with Crippen molar-refractivity contribution in [2.24, 2.45) is 0 Å². The fourth-order valence-electron chi connectivity index (χ4n) is 1.17. The van der Waals surface area contributed by atoms with Crippen molar-refractivity contribution in [1.29, 1.82) is 0 Å². The average Bonchev–Trinajstić information content (AvgIpc) is 2.32. The Morgan fingerprint density at radius 1 is 1.25 bits per heavy atom. The third-order valence-corrected chi connectivity index (χ3v) is 1.87. The number of hydrazine groups is 1. The van der Waals surface area contributed by atoms with E-state index in [1.165, 1.54) is 18.2 Å². The van der Waals surface area contributed by atoms with Crippen LogP contribution in [0.15, 0.2) is 24.3 Å². The predicted molar refractivity (Wildman–Crippen MR) is 69.4 cm³/mol. The molecule has 0 aliphatic heterocycles. The maximum atomic E-state index is 12.8. The molecule has 0 heterocycles. The summed E-state index contributed by atoms with van der Waals surface area (Å²) in [6.45, 7) is 4.73. The van der Waals surface area contributed by atoms with Crippen LogP contribution in [0.2, 0.25) is 0 Å². The Morgan fingerprint density at radius 3 is 2.55 bits per heavy atom. The van der Waals surface area contributed by atoms with Gasteiger partial charge in [-0.05, 0) is 32.9 Å². The molecule has 0 saturated heterocycles. The number of halogens is 1. The molecule has 0 spiro atoms. The summed E-state index contributed by atoms with van der Waals surface area (Å²) in [6.07, 6.45) is -0.781. The highest BCUT2D eigenvalue weighted by Crippen LogP contribution is 2.11. The molecule has 1 rings (SSSR count). The third-order valence-electron chi connectivity index (χ3n) is 1.87. The van der Waals surface area contributed by atoms with Gasteiger partial charge in [-0.2, -0.15) is 0 Å². The van der Waals surface area contributed by atoms with Gasteiger partial charge in [-0.25, -0.2) is 14.6 Å². The lowest BCUT2D eigenvalue weighted by Crippen LogP contribution is -2.45. The first-order valence-electron chi connectivity index (χ1n) is 5.92. The summed E-state index contributed by atoms with van der Waals surface area (Å²) < 4.78 is 22.8. The van der Waals surface area contributed by atoms with Gasteiger partial charge in [0.05, 0.1) is 0 Å². The first kappa shape index (κ1) is 15.7. The van der Waals surface area contributed by atoms with Crippen LogP contribution in [0, 0.1) is 5.82 Å². The van der Waals surface area contributed by atoms with Crippen molar-refractivity contribution in [3.63, 3.8) is 0 Å². The molecular weight excluding hydrogens is 267 g/mol. The molecule has 0 atom stereocenters. The number of hydrogen-bond donors (Lipinski definition) is 2. The fourth-order valence-corrected chi connectivity index (χ4v) is 1.17. The van der Waals surface area contributed by atoms with E-state index >= 15 is 0 Å². The number of ether oxygens (including phenoxy) is 2. The molecule has 6 nitrogen and oxygen atoms in total. The zero-order valence-corrected chi connectivity index (χ0v) is 11.5. The van der Waals surface area contributed by atoms with Crippen molar-refractivity contribution in [3.05, 3.63) is 30.1 Å². The van der Waals surface area contributed by atoms with Crippen LogP contribution >= 0.6 is 0 Å². The van der Waals surface area contributed by atoms with Crippen LogP contribution < -0.4 is 15.6 Å². The maximum absolute atomic E-state index is 12.8. The Hall–Kier alpha value is -2.31. The lowest BCUT2D eigenvalue weighted by molar-refractivity contribution is -0.124. The molecule has 1 aromatic carbocycles. The maximum Gasteiger partial charge on any atom is 0.426 e. The molecular formula is C13H17FN2O4. The second-order valence-corrected chi connectivity index (χ2v) is 4.92. The Labute approximate surface area is 116 Å². The highest BCUT2D eigenvalue weighted by molar-refractivity contribution is 5.80. The van der Waals surface area contributed by atoms with E-state index < -0.39 is 23.4 Å². The van der Waals surface area contributed by atoms with E-state index in [4.69, 9.17) is 9.47 Å². The minimum atomic E-state index is -0.781. The monoisotopic (exact) mass is 284 g/mol. The zero-order valence-electron chi connectivity index (χ0n) is 11.5. The normalized spacial score (nSPS) is 10.6. The van der Waals surface area contributed by atoms with Gasteiger partial charge in [0.1, 0.15) is 17.2 Å². The summed E-state index contributed by atoms with van der Waals surface area (Å²) in [7, 11) is 0. The Balaban J connectivity index is 2.29. The Kier molecular flexibility index (Phi) is 5.31. The van der Waals surface area contributed by atoms with Gasteiger partial charge < -0.3 is 9.47 Å². The van der Waals surface area contributed by atoms with E-state index in [1.54, 1.807) is 20.8 Å². The molecule has 110 valence electrons. The van der Waals surface area contributed by atoms with Gasteiger partial charge in [-0.15, -0.1) is 0 Å². The van der Waals surface area contributed by atoms with E-state index in [9.17, 15) is 14.0 Å². The molecule has 2 amide bonds. The summed E-state index contributed by atoms with van der Waals surface area (Å²) in [6, 6.07) is 5.38. The summed E-state index contributed by atoms with van der Waals surface area (Å²) in [4.78, 5) is 22.6. The lowest BCUT2D eigenvalue weighted by Gasteiger charge is -2.19. The first-order valence-corrected chi connectivity index (χ1v) is 5.92. The van der Waals surface area contributed by atoms with Crippen LogP contribution in [0.4, 0.5) is 9.18 Å². The smallest absolute Gasteiger partial charge is 0.426 e. The van der Waals surface area contributed by atoms with Gasteiger partial charge in [0.25, 0.3) is 5.91 Å². The zero-order chi connectivity index (χ0) is 15.2. The number of amides is 2. The van der Waals surface area contributed by atoms with Crippen molar-refractivity contribution in [1.82, 2.24) is 10.9 Å². The van der Waals surface area contributed by atoms with Gasteiger partial charge >= 0.3 is 6.09 Å². The van der Waals surface area contributed by atoms with E-state index in [0.29, 0.717) is 0 Å². The highest BCUT2D eigenvalue weighted by atomic mass is 19.1. The fraction of sp³-hybridized carbons (Fsp3) is 0.385. The molecule has 0 aromatic heterocycles. The number of rotatable bonds is 3. The molecule has 0 aliphatic carbocycles. The first-order chi connectivity index (χ1) is 9.26. The van der Waals surface area contributed by atoms with Crippen molar-refractivity contribution < 1.29 is 23.5 Å². The summed E-state index contributed by atoms with van der Waals surface area (Å²) in [5.74, 6) is -0.840. The molecule has 1 aromatic rings. The molecule has 0 unspecified atom stereocenters. The van der Waals surface area contributed by atoms with Gasteiger partial charge in [-0.1, -0.05) is 6.07 Å². The third kappa shape index (κ3) is 6.58. The van der Waals surface area contributed by atoms with Crippen LogP contribution in [-0.2, 0) is 9.53 Å². The number of nitrogens with one attached hydrogen (secondary N) is 2. The average molecular weight is 284 g/mol. The van der Waals surface area contributed by atoms with Crippen LogP contribution in [0.25, 0.3) is 0 Å². The molecule has 0 radical (unpaired) electrons. The Morgan fingerprint density at radius 2 is 1.95 bits per heavy atom. The van der Waals surface area contributed by atoms with Crippen LogP contribution in [0.3, 0.4) is 0 Å². The quantitative estimate of drug-likeness (QED) is 0.829. The largest absolute Gasteiger partial charge is 0.484 e. The van der Waals surface area contributed by atoms with E-state index in [0.717, 1.165) is 6.07 Å². The Bertz CT molecular complexity index is 486. The lowest BCUT2D eigenvalue weighted by atomic mass is 10.2. The second-order valence-electron chi connectivity index (χ2n) is 4.92. The highest BCUT2D eigenvalue weighted by Gasteiger charge is 2.16. The number of benzene rings is 1. The predicted octanol–water partition coefficient (Wildman–Crippen LogP) is 1.76. The van der Waals surface area contributed by atoms with Crippen molar-refractivity contribution >= 4 is 12.0 Å². The second kappa shape index (κ2) is 6.74. The number of carbonyl (C=O) groups is 2. The summed E-state index contributed by atoms with van der Waals surface area (Å²) in [5, 5.41) is 0. The van der Waals surface area contributed by atoms with Crippen molar-refractivity contribution in [2.75, 3.05) is 6.61 Å². The summed E-state index contributed by atoms with van der Waals surface area (Å²) in [5.41, 5.74) is 3.52. The van der Waals surface area contributed by atoms with Gasteiger partial charge in [0.15, 0.2) is 6.61 Å². The van der Waals surface area contributed by atoms with Gasteiger partial charge in [-0.3, -0.25) is 10.2 Å². The molecule has 0 bridgehead atoms. The van der Waals surface area contributed by atoms with E-state index in [2.05, 4.69) is 10.9 Å². The van der Waals surface area contributed by atoms with Crippen LogP contribution in [0.1, 0.15) is 20.8 Å².